The lowest BCUT2D eigenvalue weighted by atomic mass is 9.90. The van der Waals surface area contributed by atoms with Crippen LogP contribution in [-0.2, 0) is 0 Å². The Morgan fingerprint density at radius 1 is 0.516 bits per heavy atom. The van der Waals surface area contributed by atoms with Crippen LogP contribution < -0.4 is 0 Å². The van der Waals surface area contributed by atoms with Gasteiger partial charge in [0, 0.05) is 24.2 Å². The van der Waals surface area contributed by atoms with Crippen molar-refractivity contribution in [2.24, 2.45) is 0 Å². The van der Waals surface area contributed by atoms with Crippen LogP contribution in [0.2, 0.25) is 0 Å². The summed E-state index contributed by atoms with van der Waals surface area (Å²) in [5.41, 5.74) is 14.2. The molecule has 0 spiro atoms. The van der Waals surface area contributed by atoms with Crippen molar-refractivity contribution >= 4 is 11.0 Å². The van der Waals surface area contributed by atoms with Crippen LogP contribution >= 0.6 is 0 Å². The van der Waals surface area contributed by atoms with E-state index >= 15 is 0 Å². The first-order chi connectivity index (χ1) is 31.8. The van der Waals surface area contributed by atoms with Crippen LogP contribution in [0.15, 0.2) is 170 Å². The van der Waals surface area contributed by atoms with E-state index in [0.29, 0.717) is 28.1 Å². The average Bonchev–Trinajstić information content (AvgIpc) is 3.70. The molecule has 2 aromatic heterocycles. The predicted octanol–water partition coefficient (Wildman–Crippen LogP) is 15.8. The number of para-hydroxylation sites is 2. The van der Waals surface area contributed by atoms with Crippen LogP contribution in [0, 0.1) is 6.85 Å². The number of aromatic nitrogens is 3. The summed E-state index contributed by atoms with van der Waals surface area (Å²) in [5, 5.41) is 11.4. The second-order valence-corrected chi connectivity index (χ2v) is 16.9. The smallest absolute Gasteiger partial charge is 0.149 e. The molecule has 0 fully saturated rings. The van der Waals surface area contributed by atoms with Crippen molar-refractivity contribution < 1.29 is 12.0 Å². The molecule has 4 nitrogen and oxygen atoms in total. The first kappa shape index (κ1) is 34.6. The van der Waals surface area contributed by atoms with Gasteiger partial charge in [-0.25, -0.2) is 4.98 Å². The average molecular weight is 813 g/mol. The molecule has 62 heavy (non-hydrogen) atoms. The maximum atomic E-state index is 11.4. The Morgan fingerprint density at radius 2 is 1.16 bits per heavy atom. The van der Waals surface area contributed by atoms with E-state index in [-0.39, 0.29) is 17.2 Å². The quantitative estimate of drug-likeness (QED) is 0.150. The zero-order chi connectivity index (χ0) is 47.4. The van der Waals surface area contributed by atoms with Gasteiger partial charge >= 0.3 is 0 Å². The van der Waals surface area contributed by atoms with Crippen LogP contribution in [0.1, 0.15) is 88.4 Å². The molecule has 0 aliphatic carbocycles. The lowest BCUT2D eigenvalue weighted by Gasteiger charge is -2.17. The number of aromatic hydroxyl groups is 1. The highest BCUT2D eigenvalue weighted by molar-refractivity contribution is 5.98. The Hall–Kier alpha value is -7.04. The monoisotopic (exact) mass is 812 g/mol. The number of imidazole rings is 1. The van der Waals surface area contributed by atoms with Crippen molar-refractivity contribution in [3.8, 4) is 78.6 Å². The van der Waals surface area contributed by atoms with E-state index in [9.17, 15) is 5.11 Å². The molecule has 9 rings (SSSR count). The van der Waals surface area contributed by atoms with Crippen LogP contribution in [-0.4, -0.2) is 19.6 Å². The van der Waals surface area contributed by atoms with Gasteiger partial charge in [-0.1, -0.05) is 145 Å². The first-order valence-electron chi connectivity index (χ1n) is 23.7. The Morgan fingerprint density at radius 3 is 1.90 bits per heavy atom. The molecule has 0 unspecified atom stereocenters. The number of phenols is 1. The van der Waals surface area contributed by atoms with E-state index < -0.39 is 18.6 Å². The van der Waals surface area contributed by atoms with Gasteiger partial charge in [0.05, 0.1) is 28.0 Å². The van der Waals surface area contributed by atoms with Crippen molar-refractivity contribution in [3.05, 3.63) is 192 Å². The summed E-state index contributed by atoms with van der Waals surface area (Å²) in [5.74, 6) is -0.951. The number of benzene rings is 7. The largest absolute Gasteiger partial charge is 0.507 e. The minimum atomic E-state index is -2.54. The summed E-state index contributed by atoms with van der Waals surface area (Å²) in [6.45, 7) is 9.20. The van der Waals surface area contributed by atoms with Gasteiger partial charge in [0.1, 0.15) is 11.6 Å². The molecule has 0 saturated carbocycles. The van der Waals surface area contributed by atoms with Crippen LogP contribution in [0.4, 0.5) is 0 Å². The fraction of sp³-hybridized carbons (Fsp3) is 0.172. The molecule has 7 aromatic carbocycles. The van der Waals surface area contributed by atoms with Gasteiger partial charge in [0.2, 0.25) is 0 Å². The Bertz CT molecular complexity index is 3280. The molecular weight excluding hydrogens is 755 g/mol. The fourth-order valence-electron chi connectivity index (χ4n) is 8.26. The molecule has 9 aromatic rings. The summed E-state index contributed by atoms with van der Waals surface area (Å²) < 4.78 is 46.1. The topological polar surface area (TPSA) is 50.9 Å². The van der Waals surface area contributed by atoms with Crippen molar-refractivity contribution in [2.45, 2.75) is 66.1 Å². The van der Waals surface area contributed by atoms with E-state index in [1.54, 1.807) is 24.3 Å². The van der Waals surface area contributed by atoms with E-state index in [1.165, 1.54) is 0 Å². The summed E-state index contributed by atoms with van der Waals surface area (Å²) in [6.07, 6.45) is 1.83. The predicted molar refractivity (Wildman–Crippen MR) is 260 cm³/mol. The standard InChI is InChI=1S/C58H53N3O/c1-36(2)40-20-22-42(23-21-40)44-26-27-59-53(35-44)50-33-47(41-14-9-8-10-15-41)32-49(34-50)51-17-13-18-55-57(51)60-58(52-16-11-12-19-56(52)62)61(55)54-25-24-43(28-39(54)7)48-30-45(37(3)4)29-46(31-48)38(5)6/h8-38,62H,1-7H3/i7D3,36D,37D. The van der Waals surface area contributed by atoms with E-state index in [2.05, 4.69) is 74.5 Å². The maximum Gasteiger partial charge on any atom is 0.149 e. The van der Waals surface area contributed by atoms with Crippen LogP contribution in [0.5, 0.6) is 5.75 Å². The normalized spacial score (nSPS) is 13.4. The van der Waals surface area contributed by atoms with E-state index in [4.69, 9.17) is 16.8 Å². The van der Waals surface area contributed by atoms with Crippen molar-refractivity contribution in [2.75, 3.05) is 0 Å². The van der Waals surface area contributed by atoms with E-state index in [1.807, 2.05) is 117 Å². The third kappa shape index (κ3) is 7.85. The summed E-state index contributed by atoms with van der Waals surface area (Å²) in [6, 6.07) is 53.5. The second-order valence-electron chi connectivity index (χ2n) is 16.9. The van der Waals surface area contributed by atoms with Crippen LogP contribution in [0.3, 0.4) is 0 Å². The molecule has 306 valence electrons. The highest BCUT2D eigenvalue weighted by Gasteiger charge is 2.22. The molecule has 0 aliphatic heterocycles. The minimum Gasteiger partial charge on any atom is -0.507 e. The zero-order valence-electron chi connectivity index (χ0n) is 41.0. The number of rotatable bonds is 10. The van der Waals surface area contributed by atoms with Gasteiger partial charge in [-0.05, 0) is 146 Å². The second kappa shape index (κ2) is 16.8. The molecule has 1 N–H and O–H groups in total. The number of aryl methyl sites for hydroxylation is 1. The Kier molecular flexibility index (Phi) is 9.38. The number of hydrogen-bond acceptors (Lipinski definition) is 3. The summed E-state index contributed by atoms with van der Waals surface area (Å²) >= 11 is 0. The number of nitrogens with zero attached hydrogens (tertiary/aromatic N) is 3. The van der Waals surface area contributed by atoms with Gasteiger partial charge in [0.15, 0.2) is 0 Å². The number of hydrogen-bond donors (Lipinski definition) is 1. The molecule has 2 heterocycles. The molecule has 0 atom stereocenters. The molecule has 0 amide bonds. The minimum absolute atomic E-state index is 0.0149. The van der Waals surface area contributed by atoms with Gasteiger partial charge in [-0.15, -0.1) is 0 Å². The Labute approximate surface area is 373 Å². The molecule has 0 saturated heterocycles. The van der Waals surface area contributed by atoms with Crippen molar-refractivity contribution in [3.63, 3.8) is 0 Å². The van der Waals surface area contributed by atoms with Gasteiger partial charge < -0.3 is 5.11 Å². The molecule has 0 aliphatic rings. The van der Waals surface area contributed by atoms with E-state index in [0.717, 1.165) is 72.5 Å². The molecule has 4 heteroatoms. The first-order valence-corrected chi connectivity index (χ1v) is 21.2. The van der Waals surface area contributed by atoms with Crippen molar-refractivity contribution in [1.29, 1.82) is 0 Å². The lowest BCUT2D eigenvalue weighted by Crippen LogP contribution is -2.01. The lowest BCUT2D eigenvalue weighted by molar-refractivity contribution is 0.477. The van der Waals surface area contributed by atoms with Crippen LogP contribution in [0.25, 0.3) is 83.9 Å². The summed E-state index contributed by atoms with van der Waals surface area (Å²) in [4.78, 5) is 10.2. The number of phenolic OH excluding ortho intramolecular Hbond substituents is 1. The fourth-order valence-corrected chi connectivity index (χ4v) is 8.26. The maximum absolute atomic E-state index is 11.4. The third-order valence-electron chi connectivity index (χ3n) is 11.8. The molecular formula is C58H53N3O. The number of pyridine rings is 1. The van der Waals surface area contributed by atoms with Gasteiger partial charge in [0.25, 0.3) is 0 Å². The molecule has 0 bridgehead atoms. The van der Waals surface area contributed by atoms with Crippen molar-refractivity contribution in [1.82, 2.24) is 14.5 Å². The highest BCUT2D eigenvalue weighted by Crippen LogP contribution is 2.41. The molecule has 0 radical (unpaired) electrons. The van der Waals surface area contributed by atoms with Gasteiger partial charge in [-0.3, -0.25) is 9.55 Å². The zero-order valence-corrected chi connectivity index (χ0v) is 36.0. The SMILES string of the molecule is [2H]C([2H])([2H])c1cc(-c2cc(C(C)C)cc(C([2H])(C)C)c2)ccc1-n1c(-c2ccccc2O)nc2c(-c3cc(-c4ccccc4)cc(-c4cc(-c5ccc(C([2H])(C)C)cc5)ccn4)c3)cccc21. The number of fused-ring (bicyclic) bond motifs is 1. The van der Waals surface area contributed by atoms with Gasteiger partial charge in [-0.2, -0.15) is 0 Å². The summed E-state index contributed by atoms with van der Waals surface area (Å²) in [7, 11) is 0. The highest BCUT2D eigenvalue weighted by atomic mass is 16.3. The third-order valence-corrected chi connectivity index (χ3v) is 11.8. The Balaban J connectivity index is 1.26.